The van der Waals surface area contributed by atoms with Gasteiger partial charge in [-0.25, -0.2) is 0 Å². The van der Waals surface area contributed by atoms with Crippen molar-refractivity contribution in [2.24, 2.45) is 0 Å². The molecule has 4 heterocycles. The third-order valence-corrected chi connectivity index (χ3v) is 6.91. The van der Waals surface area contributed by atoms with Crippen LogP contribution in [0.2, 0.25) is 0 Å². The van der Waals surface area contributed by atoms with E-state index in [1.165, 1.54) is 0 Å². The van der Waals surface area contributed by atoms with Crippen molar-refractivity contribution < 1.29 is 25.5 Å². The zero-order chi connectivity index (χ0) is 25.8. The molecule has 0 saturated heterocycles. The Bertz CT molecular complexity index is 2090. The number of hydrogen-bond acceptors (Lipinski definition) is 4. The van der Waals surface area contributed by atoms with E-state index < -0.39 is 0 Å². The Labute approximate surface area is 243 Å². The number of nitrogens with zero attached hydrogens (tertiary/aromatic N) is 5. The van der Waals surface area contributed by atoms with E-state index in [9.17, 15) is 0 Å². The van der Waals surface area contributed by atoms with Gasteiger partial charge in [0.15, 0.2) is 0 Å². The summed E-state index contributed by atoms with van der Waals surface area (Å²) in [5, 5.41) is 6.69. The molecule has 0 aliphatic heterocycles. The van der Waals surface area contributed by atoms with Crippen LogP contribution in [-0.4, -0.2) is 24.3 Å². The van der Waals surface area contributed by atoms with Crippen LogP contribution in [0, 0.1) is 12.1 Å². The number of rotatable bonds is 4. The predicted molar refractivity (Wildman–Crippen MR) is 152 cm³/mol. The quantitative estimate of drug-likeness (QED) is 0.180. The van der Waals surface area contributed by atoms with E-state index in [1.807, 2.05) is 71.5 Å². The molecule has 192 valence electrons. The standard InChI is InChI=1S/C33H19N5O.Pt/c1-3-14-29-24(11-1)25-20-30(37-18-8-17-35-37)26(33-36-28-13-2-4-15-32(28)39-33)21-31(25)38(29)23-10-7-9-22(19-23)27-12-5-6-16-34-27;/h1-18,20H;/q-2;+2. The van der Waals surface area contributed by atoms with Gasteiger partial charge >= 0.3 is 21.1 Å². The fourth-order valence-corrected chi connectivity index (χ4v) is 5.17. The van der Waals surface area contributed by atoms with E-state index in [1.54, 1.807) is 12.4 Å². The van der Waals surface area contributed by atoms with Gasteiger partial charge in [-0.2, -0.15) is 5.10 Å². The maximum absolute atomic E-state index is 6.23. The zero-order valence-electron chi connectivity index (χ0n) is 20.9. The number of hydrogen-bond donors (Lipinski definition) is 0. The van der Waals surface area contributed by atoms with Crippen molar-refractivity contribution in [1.29, 1.82) is 0 Å². The minimum absolute atomic E-state index is 0. The van der Waals surface area contributed by atoms with Crippen LogP contribution in [0.3, 0.4) is 0 Å². The topological polar surface area (TPSA) is 61.7 Å². The molecule has 0 saturated carbocycles. The molecular formula is C33H19N5OPt. The molecule has 6 nitrogen and oxygen atoms in total. The van der Waals surface area contributed by atoms with Gasteiger partial charge in [0, 0.05) is 24.1 Å². The van der Waals surface area contributed by atoms with Crippen LogP contribution in [0.4, 0.5) is 0 Å². The van der Waals surface area contributed by atoms with Crippen molar-refractivity contribution in [2.75, 3.05) is 0 Å². The number of pyridine rings is 1. The second-order valence-corrected chi connectivity index (χ2v) is 9.25. The van der Waals surface area contributed by atoms with E-state index in [0.29, 0.717) is 5.89 Å². The van der Waals surface area contributed by atoms with Gasteiger partial charge in [0.1, 0.15) is 11.5 Å². The largest absolute Gasteiger partial charge is 2.00 e. The molecule has 0 amide bonds. The maximum atomic E-state index is 6.23. The first-order chi connectivity index (χ1) is 19.3. The van der Waals surface area contributed by atoms with Crippen molar-refractivity contribution >= 4 is 32.9 Å². The van der Waals surface area contributed by atoms with Crippen molar-refractivity contribution in [3.8, 4) is 34.1 Å². The number of aromatic nitrogens is 5. The molecule has 7 heteroatoms. The number of benzene rings is 4. The first kappa shape index (κ1) is 24.3. The summed E-state index contributed by atoms with van der Waals surface area (Å²) in [6.07, 6.45) is 5.49. The van der Waals surface area contributed by atoms with Gasteiger partial charge in [0.25, 0.3) is 0 Å². The first-order valence-corrected chi connectivity index (χ1v) is 12.6. The molecule has 0 radical (unpaired) electrons. The number of para-hydroxylation sites is 3. The van der Waals surface area contributed by atoms with Crippen LogP contribution in [0.5, 0.6) is 0 Å². The van der Waals surface area contributed by atoms with Crippen LogP contribution >= 0.6 is 0 Å². The zero-order valence-corrected chi connectivity index (χ0v) is 23.2. The third-order valence-electron chi connectivity index (χ3n) is 6.91. The molecule has 40 heavy (non-hydrogen) atoms. The molecule has 0 atom stereocenters. The second-order valence-electron chi connectivity index (χ2n) is 9.25. The minimum atomic E-state index is 0. The van der Waals surface area contributed by atoms with E-state index in [-0.39, 0.29) is 21.1 Å². The summed E-state index contributed by atoms with van der Waals surface area (Å²) in [7, 11) is 0. The van der Waals surface area contributed by atoms with E-state index in [2.05, 4.69) is 63.2 Å². The van der Waals surface area contributed by atoms with Gasteiger partial charge < -0.3 is 14.0 Å². The van der Waals surface area contributed by atoms with Gasteiger partial charge in [-0.15, -0.1) is 42.0 Å². The molecular weight excluding hydrogens is 677 g/mol. The Hall–Kier alpha value is -4.80. The predicted octanol–water partition coefficient (Wildman–Crippen LogP) is 7.44. The fourth-order valence-electron chi connectivity index (χ4n) is 5.17. The average Bonchev–Trinajstić information content (AvgIpc) is 3.75. The fraction of sp³-hybridized carbons (Fsp3) is 0. The Morgan fingerprint density at radius 2 is 1.62 bits per heavy atom. The molecule has 8 aromatic rings. The SMILES string of the molecule is [Pt+2].[c-]1c(-c2ccccn2)cccc1-n1c2[c-]c(-c3nc4ccccc4o3)c(-n3cccn3)cc2c2ccccc21. The first-order valence-electron chi connectivity index (χ1n) is 12.6. The maximum Gasteiger partial charge on any atom is 2.00 e. The van der Waals surface area contributed by atoms with E-state index in [0.717, 1.165) is 61.1 Å². The van der Waals surface area contributed by atoms with Gasteiger partial charge in [0.05, 0.1) is 5.52 Å². The third kappa shape index (κ3) is 3.88. The van der Waals surface area contributed by atoms with Crippen LogP contribution in [0.1, 0.15) is 0 Å². The molecule has 4 aromatic carbocycles. The smallest absolute Gasteiger partial charge is 0.481 e. The molecule has 4 aromatic heterocycles. The molecule has 0 spiro atoms. The summed E-state index contributed by atoms with van der Waals surface area (Å²) in [6.45, 7) is 0. The van der Waals surface area contributed by atoms with E-state index >= 15 is 0 Å². The number of fused-ring (bicyclic) bond motifs is 4. The van der Waals surface area contributed by atoms with Crippen molar-refractivity contribution in [3.05, 3.63) is 128 Å². The summed E-state index contributed by atoms with van der Waals surface area (Å²) < 4.78 is 10.3. The monoisotopic (exact) mass is 696 g/mol. The summed E-state index contributed by atoms with van der Waals surface area (Å²) in [5.74, 6) is 0.492. The molecule has 0 fully saturated rings. The average molecular weight is 697 g/mol. The Morgan fingerprint density at radius 1 is 0.750 bits per heavy atom. The molecule has 0 N–H and O–H groups in total. The summed E-state index contributed by atoms with van der Waals surface area (Å²) in [4.78, 5) is 9.34. The van der Waals surface area contributed by atoms with Crippen LogP contribution in [0.25, 0.3) is 67.0 Å². The normalized spacial score (nSPS) is 11.3. The van der Waals surface area contributed by atoms with Crippen molar-refractivity contribution in [1.82, 2.24) is 24.3 Å². The summed E-state index contributed by atoms with van der Waals surface area (Å²) in [5.41, 5.74) is 7.74. The molecule has 8 rings (SSSR count). The van der Waals surface area contributed by atoms with Gasteiger partial charge in [-0.1, -0.05) is 53.4 Å². The Morgan fingerprint density at radius 3 is 2.48 bits per heavy atom. The van der Waals surface area contributed by atoms with Crippen LogP contribution in [0.15, 0.2) is 120 Å². The Balaban J connectivity index is 0.00000264. The van der Waals surface area contributed by atoms with Gasteiger partial charge in [0.2, 0.25) is 0 Å². The number of oxazole rings is 1. The Kier molecular flexibility index (Phi) is 5.91. The molecule has 0 bridgehead atoms. The second kappa shape index (κ2) is 9.74. The van der Waals surface area contributed by atoms with Crippen molar-refractivity contribution in [3.63, 3.8) is 0 Å². The summed E-state index contributed by atoms with van der Waals surface area (Å²) >= 11 is 0. The van der Waals surface area contributed by atoms with E-state index in [4.69, 9.17) is 9.40 Å². The van der Waals surface area contributed by atoms with Gasteiger partial charge in [-0.05, 0) is 58.3 Å². The van der Waals surface area contributed by atoms with Crippen LogP contribution in [-0.2, 0) is 21.1 Å². The molecule has 0 unspecified atom stereocenters. The van der Waals surface area contributed by atoms with Gasteiger partial charge in [-0.3, -0.25) is 9.67 Å². The van der Waals surface area contributed by atoms with Crippen LogP contribution < -0.4 is 0 Å². The molecule has 0 aliphatic carbocycles. The summed E-state index contributed by atoms with van der Waals surface area (Å²) in [6, 6.07) is 39.5. The molecule has 0 aliphatic rings. The minimum Gasteiger partial charge on any atom is -0.481 e. The van der Waals surface area contributed by atoms with Crippen molar-refractivity contribution in [2.45, 2.75) is 0 Å².